The van der Waals surface area contributed by atoms with Crippen molar-refractivity contribution < 1.29 is 42.7 Å². The molecule has 0 bridgehead atoms. The molecular formula is C61H83FN8O8. The molecule has 10 atom stereocenters. The van der Waals surface area contributed by atoms with E-state index < -0.39 is 82.7 Å². The molecule has 7 rings (SSSR count). The van der Waals surface area contributed by atoms with Crippen LogP contribution >= 0.6 is 0 Å². The maximum absolute atomic E-state index is 14.8. The highest BCUT2D eigenvalue weighted by molar-refractivity contribution is 6.02. The number of ketones is 2. The number of aryl methyl sites for hydroxylation is 3. The van der Waals surface area contributed by atoms with Crippen molar-refractivity contribution in [1.82, 2.24) is 41.7 Å². The van der Waals surface area contributed by atoms with E-state index in [4.69, 9.17) is 0 Å². The Morgan fingerprint density at radius 2 is 1.03 bits per heavy atom. The predicted octanol–water partition coefficient (Wildman–Crippen LogP) is 6.38. The van der Waals surface area contributed by atoms with Gasteiger partial charge < -0.3 is 41.7 Å². The van der Waals surface area contributed by atoms with Gasteiger partial charge in [-0.05, 0) is 149 Å². The molecule has 0 aromatic heterocycles. The fourth-order valence-electron chi connectivity index (χ4n) is 11.7. The molecule has 3 aromatic rings. The van der Waals surface area contributed by atoms with Crippen LogP contribution in [0.2, 0.25) is 0 Å². The molecule has 17 heteroatoms. The fraction of sp³-hybridized carbons (Fsp3) is 0.574. The molecule has 2 aliphatic heterocycles. The van der Waals surface area contributed by atoms with Gasteiger partial charge in [-0.15, -0.1) is 0 Å². The Morgan fingerprint density at radius 3 is 1.45 bits per heavy atom. The number of hydrogen-bond donors (Lipinski definition) is 6. The summed E-state index contributed by atoms with van der Waals surface area (Å²) in [4.78, 5) is 117. The number of amides is 6. The van der Waals surface area contributed by atoms with Crippen LogP contribution < -0.4 is 31.9 Å². The largest absolute Gasteiger partial charge is 0.347 e. The highest BCUT2D eigenvalue weighted by Gasteiger charge is 2.48. The van der Waals surface area contributed by atoms with Gasteiger partial charge in [0.1, 0.15) is 30.0 Å². The first-order valence-corrected chi connectivity index (χ1v) is 28.0. The molecule has 0 spiro atoms. The number of halogens is 1. The number of hydrogen-bond acceptors (Lipinski definition) is 10. The van der Waals surface area contributed by atoms with Gasteiger partial charge in [-0.1, -0.05) is 89.6 Å². The fourth-order valence-corrected chi connectivity index (χ4v) is 11.7. The van der Waals surface area contributed by atoms with Gasteiger partial charge in [0.15, 0.2) is 11.6 Å². The lowest BCUT2D eigenvalue weighted by atomic mass is 9.85. The van der Waals surface area contributed by atoms with E-state index in [0.717, 1.165) is 47.9 Å². The molecule has 2 heterocycles. The summed E-state index contributed by atoms with van der Waals surface area (Å²) in [5.41, 5.74) is 4.09. The molecule has 2 saturated heterocycles. The number of nitrogens with zero attached hydrogens (tertiary/aromatic N) is 2. The van der Waals surface area contributed by atoms with Crippen molar-refractivity contribution in [2.24, 2.45) is 22.7 Å². The van der Waals surface area contributed by atoms with Gasteiger partial charge in [-0.25, -0.2) is 4.39 Å². The van der Waals surface area contributed by atoms with Crippen molar-refractivity contribution in [3.8, 4) is 0 Å². The van der Waals surface area contributed by atoms with E-state index in [2.05, 4.69) is 44.0 Å². The SMILES string of the molecule is CN[C@@H](C)C(=O)N[C@H](C(=O)N1C[C@@H](CC(=O)c2cccc(C(=O)C[C@H]3C[C@@H](C(=O)NC4CCCc5cc(F)ccc54)N(C(=O)[C@@H](NC(=O)[C@H](C)NC)C(C)(C)C)C3)c2)C[C@H]1C(=O)NC1CCCc2cc(C)ccc21)C(C)(C)C. The van der Waals surface area contributed by atoms with Crippen molar-refractivity contribution in [2.45, 2.75) is 175 Å². The number of Topliss-reactive ketones (excluding diaryl/α,β-unsaturated/α-hetero) is 2. The number of nitrogens with one attached hydrogen (secondary N) is 6. The normalized spacial score (nSPS) is 22.7. The average molecular weight is 1080 g/mol. The van der Waals surface area contributed by atoms with Crippen LogP contribution in [0.5, 0.6) is 0 Å². The van der Waals surface area contributed by atoms with Crippen molar-refractivity contribution in [2.75, 3.05) is 27.2 Å². The molecule has 0 saturated carbocycles. The average Bonchev–Trinajstić information content (AvgIpc) is 4.03. The molecule has 3 aromatic carbocycles. The molecule has 4 aliphatic rings. The van der Waals surface area contributed by atoms with Crippen LogP contribution in [-0.2, 0) is 41.6 Å². The molecule has 6 amide bonds. The topological polar surface area (TPSA) is 215 Å². The zero-order chi connectivity index (χ0) is 57.0. The van der Waals surface area contributed by atoms with Crippen LogP contribution in [0.15, 0.2) is 60.7 Å². The van der Waals surface area contributed by atoms with Gasteiger partial charge in [0.05, 0.1) is 24.2 Å². The lowest BCUT2D eigenvalue weighted by molar-refractivity contribution is -0.144. The summed E-state index contributed by atoms with van der Waals surface area (Å²) in [6.45, 7) is 16.7. The Kier molecular flexibility index (Phi) is 18.8. The van der Waals surface area contributed by atoms with Crippen LogP contribution in [0.25, 0.3) is 0 Å². The Labute approximate surface area is 459 Å². The molecule has 422 valence electrons. The van der Waals surface area contributed by atoms with E-state index in [-0.39, 0.29) is 91.0 Å². The van der Waals surface area contributed by atoms with Gasteiger partial charge in [0.2, 0.25) is 35.4 Å². The highest BCUT2D eigenvalue weighted by atomic mass is 19.1. The Hall–Kier alpha value is -6.33. The van der Waals surface area contributed by atoms with Crippen molar-refractivity contribution >= 4 is 47.0 Å². The van der Waals surface area contributed by atoms with Gasteiger partial charge >= 0.3 is 0 Å². The lowest BCUT2D eigenvalue weighted by Crippen LogP contribution is -2.59. The number of fused-ring (bicyclic) bond motifs is 2. The summed E-state index contributed by atoms with van der Waals surface area (Å²) in [7, 11) is 3.30. The van der Waals surface area contributed by atoms with E-state index in [1.165, 1.54) is 27.5 Å². The Bertz CT molecular complexity index is 2590. The molecule has 78 heavy (non-hydrogen) atoms. The third-order valence-corrected chi connectivity index (χ3v) is 16.5. The molecule has 2 aliphatic carbocycles. The number of benzene rings is 3. The summed E-state index contributed by atoms with van der Waals surface area (Å²) >= 11 is 0. The van der Waals surface area contributed by atoms with Crippen molar-refractivity contribution in [3.05, 3.63) is 105 Å². The van der Waals surface area contributed by atoms with Crippen LogP contribution in [0.3, 0.4) is 0 Å². The first kappa shape index (κ1) is 59.3. The number of likely N-dealkylation sites (tertiary alicyclic amines) is 2. The maximum Gasteiger partial charge on any atom is 0.246 e. The predicted molar refractivity (Wildman–Crippen MR) is 297 cm³/mol. The zero-order valence-electron chi connectivity index (χ0n) is 47.6. The maximum atomic E-state index is 14.8. The number of carbonyl (C=O) groups is 8. The molecule has 0 radical (unpaired) electrons. The zero-order valence-corrected chi connectivity index (χ0v) is 47.6. The van der Waals surface area contributed by atoms with E-state index in [0.29, 0.717) is 12.8 Å². The second-order valence-electron chi connectivity index (χ2n) is 24.6. The number of likely N-dealkylation sites (N-methyl/N-ethyl adjacent to an activating group) is 2. The first-order chi connectivity index (χ1) is 36.8. The first-order valence-electron chi connectivity index (χ1n) is 28.0. The van der Waals surface area contributed by atoms with Gasteiger partial charge in [0, 0.05) is 37.1 Å². The summed E-state index contributed by atoms with van der Waals surface area (Å²) < 4.78 is 14.3. The summed E-state index contributed by atoms with van der Waals surface area (Å²) in [5, 5.41) is 18.1. The summed E-state index contributed by atoms with van der Waals surface area (Å²) in [6.07, 6.45) is 4.88. The minimum Gasteiger partial charge on any atom is -0.347 e. The van der Waals surface area contributed by atoms with Crippen LogP contribution in [0.1, 0.15) is 167 Å². The quantitative estimate of drug-likeness (QED) is 0.0774. The van der Waals surface area contributed by atoms with Crippen molar-refractivity contribution in [3.63, 3.8) is 0 Å². The smallest absolute Gasteiger partial charge is 0.246 e. The van der Waals surface area contributed by atoms with E-state index in [1.807, 2.05) is 54.5 Å². The Balaban J connectivity index is 1.09. The summed E-state index contributed by atoms with van der Waals surface area (Å²) in [5.74, 6) is -4.13. The second-order valence-corrected chi connectivity index (χ2v) is 24.6. The Morgan fingerprint density at radius 1 is 0.603 bits per heavy atom. The molecule has 16 nitrogen and oxygen atoms in total. The van der Waals surface area contributed by atoms with Crippen molar-refractivity contribution in [1.29, 1.82) is 0 Å². The second kappa shape index (κ2) is 24.8. The van der Waals surface area contributed by atoms with Crippen LogP contribution in [0.4, 0.5) is 4.39 Å². The molecule has 2 unspecified atom stereocenters. The molecular weight excluding hydrogens is 992 g/mol. The van der Waals surface area contributed by atoms with E-state index in [9.17, 15) is 42.7 Å². The monoisotopic (exact) mass is 1070 g/mol. The lowest BCUT2D eigenvalue weighted by Gasteiger charge is -2.36. The number of carbonyl (C=O) groups excluding carboxylic acids is 8. The van der Waals surface area contributed by atoms with Gasteiger partial charge in [-0.2, -0.15) is 0 Å². The summed E-state index contributed by atoms with van der Waals surface area (Å²) in [6, 6.07) is 11.6. The third-order valence-electron chi connectivity index (χ3n) is 16.5. The highest BCUT2D eigenvalue weighted by Crippen LogP contribution is 2.37. The van der Waals surface area contributed by atoms with Gasteiger partial charge in [0.25, 0.3) is 0 Å². The van der Waals surface area contributed by atoms with Crippen LogP contribution in [-0.4, -0.2) is 120 Å². The van der Waals surface area contributed by atoms with E-state index >= 15 is 0 Å². The minimum atomic E-state index is -1.01. The van der Waals surface area contributed by atoms with Crippen LogP contribution in [0, 0.1) is 35.4 Å². The van der Waals surface area contributed by atoms with E-state index in [1.54, 1.807) is 58.3 Å². The molecule has 6 N–H and O–H groups in total. The number of rotatable bonds is 18. The third kappa shape index (κ3) is 13.9. The minimum absolute atomic E-state index is 0.0183. The van der Waals surface area contributed by atoms with Gasteiger partial charge in [-0.3, -0.25) is 38.4 Å². The standard InChI is InChI=1S/C61H83FN8O8/c1-34-21-23-44-39(25-34)15-13-19-46(44)65-56(75)48-26-37(32-69(48)58(77)52(60(4,5)6)67-54(73)35(2)63-10)28-50(71)41-17-12-18-42(30-41)51(72)29-38-27-49(57(76)66-47-20-14-16-40-31-43(62)22-24-45(40)47)70(33-38)59(78)53(61(7,8)9)68-55(74)36(3)64-11/h12,17-18,21-25,30-31,35-38,46-49,52-53,63-64H,13-16,19-20,26-29,32-33H2,1-11H3,(H,65,75)(H,66,76)(H,67,73)(H,68,74)/t35-,36-,37+,38+,46?,47?,48-,49-,52+,53+/m0/s1. The molecule has 2 fully saturated rings.